The third kappa shape index (κ3) is 5.24. The third-order valence-corrected chi connectivity index (χ3v) is 5.06. The zero-order chi connectivity index (χ0) is 19.9. The van der Waals surface area contributed by atoms with E-state index in [1.807, 2.05) is 13.0 Å². The fraction of sp³-hybridized carbons (Fsp3) is 0.500. The number of methoxy groups -OCH3 is 1. The average Bonchev–Trinajstić information content (AvgIpc) is 3.15. The van der Waals surface area contributed by atoms with Gasteiger partial charge in [0, 0.05) is 50.9 Å². The van der Waals surface area contributed by atoms with Crippen molar-refractivity contribution in [3.05, 3.63) is 36.2 Å². The number of ether oxygens (including phenoxy) is 1. The Kier molecular flexibility index (Phi) is 6.89. The van der Waals surface area contributed by atoms with Crippen LogP contribution in [-0.4, -0.2) is 67.2 Å². The summed E-state index contributed by atoms with van der Waals surface area (Å²) in [5.74, 6) is 0. The van der Waals surface area contributed by atoms with Crippen LogP contribution in [0, 0.1) is 6.92 Å². The first-order valence-corrected chi connectivity index (χ1v) is 9.76. The topological polar surface area (TPSA) is 74.7 Å². The van der Waals surface area contributed by atoms with Gasteiger partial charge in [-0.25, -0.2) is 4.79 Å². The van der Waals surface area contributed by atoms with E-state index < -0.39 is 0 Å². The Morgan fingerprint density at radius 1 is 1.21 bits per heavy atom. The molecule has 0 spiro atoms. The lowest BCUT2D eigenvalue weighted by molar-refractivity contribution is 0.183. The summed E-state index contributed by atoms with van der Waals surface area (Å²) in [6.45, 7) is 10.8. The average molecular weight is 387 g/mol. The van der Waals surface area contributed by atoms with Crippen LogP contribution >= 0.6 is 0 Å². The van der Waals surface area contributed by atoms with Crippen molar-refractivity contribution in [3.8, 4) is 0 Å². The predicted octanol–water partition coefficient (Wildman–Crippen LogP) is 2.62. The number of carbonyl (C=O) groups is 1. The van der Waals surface area contributed by atoms with Gasteiger partial charge in [0.1, 0.15) is 0 Å². The molecule has 0 unspecified atom stereocenters. The zero-order valence-electron chi connectivity index (χ0n) is 16.9. The molecule has 2 N–H and O–H groups in total. The fourth-order valence-corrected chi connectivity index (χ4v) is 3.33. The Morgan fingerprint density at radius 3 is 2.68 bits per heavy atom. The second kappa shape index (κ2) is 9.57. The van der Waals surface area contributed by atoms with Crippen molar-refractivity contribution in [2.75, 3.05) is 62.0 Å². The number of piperazine rings is 1. The molecule has 8 heteroatoms. The molecule has 1 aromatic heterocycles. The molecule has 152 valence electrons. The maximum Gasteiger partial charge on any atom is 0.323 e. The van der Waals surface area contributed by atoms with Crippen molar-refractivity contribution in [1.29, 1.82) is 0 Å². The van der Waals surface area contributed by atoms with Crippen molar-refractivity contribution in [2.45, 2.75) is 20.4 Å². The van der Waals surface area contributed by atoms with E-state index in [2.05, 4.69) is 44.6 Å². The second-order valence-electron chi connectivity index (χ2n) is 6.98. The number of anilines is 3. The molecule has 1 aliphatic rings. The highest BCUT2D eigenvalue weighted by molar-refractivity contribution is 6.00. The Bertz CT molecular complexity index is 783. The van der Waals surface area contributed by atoms with E-state index in [9.17, 15) is 4.79 Å². The molecular formula is C20H30N6O2. The van der Waals surface area contributed by atoms with E-state index in [-0.39, 0.29) is 6.03 Å². The summed E-state index contributed by atoms with van der Waals surface area (Å²) in [6, 6.07) is 5.91. The van der Waals surface area contributed by atoms with Crippen LogP contribution in [0.25, 0.3) is 0 Å². The monoisotopic (exact) mass is 386 g/mol. The van der Waals surface area contributed by atoms with Crippen molar-refractivity contribution in [2.24, 2.45) is 0 Å². The van der Waals surface area contributed by atoms with Gasteiger partial charge < -0.3 is 25.2 Å². The minimum absolute atomic E-state index is 0.279. The first kappa shape index (κ1) is 20.2. The van der Waals surface area contributed by atoms with Gasteiger partial charge in [-0.2, -0.15) is 5.10 Å². The quantitative estimate of drug-likeness (QED) is 0.765. The Balaban J connectivity index is 1.55. The number of nitrogens with one attached hydrogen (secondary N) is 2. The van der Waals surface area contributed by atoms with Gasteiger partial charge in [-0.15, -0.1) is 0 Å². The van der Waals surface area contributed by atoms with Gasteiger partial charge in [0.25, 0.3) is 0 Å². The molecule has 8 nitrogen and oxygen atoms in total. The Hall–Kier alpha value is -2.58. The maximum atomic E-state index is 12.3. The number of likely N-dealkylation sites (N-methyl/N-ethyl adjacent to an activating group) is 1. The third-order valence-electron chi connectivity index (χ3n) is 5.06. The van der Waals surface area contributed by atoms with E-state index in [1.54, 1.807) is 24.2 Å². The lowest BCUT2D eigenvalue weighted by atomic mass is 10.1. The number of urea groups is 1. The van der Waals surface area contributed by atoms with Crippen LogP contribution < -0.4 is 15.5 Å². The van der Waals surface area contributed by atoms with E-state index in [1.165, 1.54) is 5.69 Å². The number of carbonyl (C=O) groups excluding carboxylic acids is 1. The zero-order valence-corrected chi connectivity index (χ0v) is 16.9. The van der Waals surface area contributed by atoms with Gasteiger partial charge in [-0.1, -0.05) is 6.92 Å². The van der Waals surface area contributed by atoms with Crippen LogP contribution in [0.15, 0.2) is 30.6 Å². The van der Waals surface area contributed by atoms with Crippen LogP contribution in [0.2, 0.25) is 0 Å². The predicted molar refractivity (Wildman–Crippen MR) is 112 cm³/mol. The number of rotatable bonds is 7. The number of amides is 2. The molecule has 1 aromatic carbocycles. The fourth-order valence-electron chi connectivity index (χ4n) is 3.33. The number of hydrogen-bond donors (Lipinski definition) is 2. The van der Waals surface area contributed by atoms with Crippen LogP contribution in [0.4, 0.5) is 21.9 Å². The van der Waals surface area contributed by atoms with E-state index in [0.717, 1.165) is 44.0 Å². The van der Waals surface area contributed by atoms with E-state index in [0.29, 0.717) is 18.8 Å². The first-order chi connectivity index (χ1) is 13.6. The van der Waals surface area contributed by atoms with Gasteiger partial charge in [0.15, 0.2) is 0 Å². The summed E-state index contributed by atoms with van der Waals surface area (Å²) in [4.78, 5) is 17.2. The highest BCUT2D eigenvalue weighted by Crippen LogP contribution is 2.24. The van der Waals surface area contributed by atoms with Gasteiger partial charge in [-0.3, -0.25) is 4.68 Å². The van der Waals surface area contributed by atoms with Gasteiger partial charge in [0.05, 0.1) is 25.0 Å². The highest BCUT2D eigenvalue weighted by atomic mass is 16.5. The molecule has 2 aromatic rings. The lowest BCUT2D eigenvalue weighted by Gasteiger charge is -2.35. The number of benzene rings is 1. The molecule has 0 radical (unpaired) electrons. The second-order valence-corrected chi connectivity index (χ2v) is 6.98. The molecule has 1 saturated heterocycles. The Morgan fingerprint density at radius 2 is 2.00 bits per heavy atom. The molecule has 1 aliphatic heterocycles. The summed E-state index contributed by atoms with van der Waals surface area (Å²) >= 11 is 0. The first-order valence-electron chi connectivity index (χ1n) is 9.76. The molecule has 0 aliphatic carbocycles. The smallest absolute Gasteiger partial charge is 0.323 e. The molecule has 2 heterocycles. The van der Waals surface area contributed by atoms with Crippen LogP contribution in [-0.2, 0) is 11.3 Å². The molecule has 2 amide bonds. The van der Waals surface area contributed by atoms with E-state index in [4.69, 9.17) is 4.74 Å². The molecule has 0 saturated carbocycles. The standard InChI is InChI=1S/C20H30N6O2/c1-4-24-7-9-25(10-8-24)18-5-6-19(16(2)13-18)23-20(27)22-17-14-21-26(15-17)11-12-28-3/h5-6,13-15H,4,7-12H2,1-3H3,(H2,22,23,27). The van der Waals surface area contributed by atoms with E-state index >= 15 is 0 Å². The number of aromatic nitrogens is 2. The minimum atomic E-state index is -0.279. The van der Waals surface area contributed by atoms with Crippen LogP contribution in [0.3, 0.4) is 0 Å². The molecule has 1 fully saturated rings. The molecular weight excluding hydrogens is 356 g/mol. The van der Waals surface area contributed by atoms with Crippen molar-refractivity contribution in [1.82, 2.24) is 14.7 Å². The lowest BCUT2D eigenvalue weighted by Crippen LogP contribution is -2.46. The normalized spacial score (nSPS) is 14.9. The Labute approximate surface area is 166 Å². The highest BCUT2D eigenvalue weighted by Gasteiger charge is 2.16. The SMILES string of the molecule is CCN1CCN(c2ccc(NC(=O)Nc3cnn(CCOC)c3)c(C)c2)CC1. The van der Waals surface area contributed by atoms with Crippen LogP contribution in [0.1, 0.15) is 12.5 Å². The largest absolute Gasteiger partial charge is 0.383 e. The van der Waals surface area contributed by atoms with Crippen molar-refractivity contribution < 1.29 is 9.53 Å². The maximum absolute atomic E-state index is 12.3. The summed E-state index contributed by atoms with van der Waals surface area (Å²) in [6.07, 6.45) is 3.41. The summed E-state index contributed by atoms with van der Waals surface area (Å²) in [5, 5.41) is 9.92. The summed E-state index contributed by atoms with van der Waals surface area (Å²) < 4.78 is 6.76. The van der Waals surface area contributed by atoms with Crippen LogP contribution in [0.5, 0.6) is 0 Å². The molecule has 0 atom stereocenters. The van der Waals surface area contributed by atoms with Gasteiger partial charge in [-0.05, 0) is 37.2 Å². The summed E-state index contributed by atoms with van der Waals surface area (Å²) in [5.41, 5.74) is 3.71. The molecule has 0 bridgehead atoms. The van der Waals surface area contributed by atoms with Gasteiger partial charge >= 0.3 is 6.03 Å². The van der Waals surface area contributed by atoms with Gasteiger partial charge in [0.2, 0.25) is 0 Å². The summed E-state index contributed by atoms with van der Waals surface area (Å²) in [7, 11) is 1.65. The van der Waals surface area contributed by atoms with Crippen molar-refractivity contribution >= 4 is 23.1 Å². The number of aryl methyl sites for hydroxylation is 1. The minimum Gasteiger partial charge on any atom is -0.383 e. The molecule has 28 heavy (non-hydrogen) atoms. The number of hydrogen-bond acceptors (Lipinski definition) is 5. The van der Waals surface area contributed by atoms with Crippen molar-refractivity contribution in [3.63, 3.8) is 0 Å². The molecule has 3 rings (SSSR count). The number of nitrogens with zero attached hydrogens (tertiary/aromatic N) is 4.